The van der Waals surface area contributed by atoms with Crippen LogP contribution in [0.5, 0.6) is 5.75 Å². The van der Waals surface area contributed by atoms with Crippen LogP contribution in [0.25, 0.3) is 0 Å². The number of rotatable bonds is 3. The Morgan fingerprint density at radius 1 is 1.00 bits per heavy atom. The third-order valence-electron chi connectivity index (χ3n) is 2.45. The highest BCUT2D eigenvalue weighted by atomic mass is 16.6. The molecule has 0 unspecified atom stereocenters. The van der Waals surface area contributed by atoms with Crippen LogP contribution >= 0.6 is 0 Å². The van der Waals surface area contributed by atoms with E-state index in [0.717, 1.165) is 12.1 Å². The number of carbonyl (C=O) groups excluding carboxylic acids is 1. The minimum absolute atomic E-state index is 0.132. The molecule has 0 spiro atoms. The van der Waals surface area contributed by atoms with Gasteiger partial charge in [0.15, 0.2) is 5.78 Å². The predicted molar refractivity (Wildman–Crippen MR) is 62.4 cm³/mol. The smallest absolute Gasteiger partial charge is 0.262 e. The highest BCUT2D eigenvalue weighted by molar-refractivity contribution is 6.09. The molecule has 2 aromatic carbocycles. The van der Waals surface area contributed by atoms with Gasteiger partial charge >= 0.3 is 0 Å². The van der Waals surface area contributed by atoms with Crippen molar-refractivity contribution >= 4 is 11.5 Å². The van der Waals surface area contributed by atoms with Crippen LogP contribution in [0.2, 0.25) is 0 Å². The molecule has 90 valence electrons. The number of nitrogens with zero attached hydrogens (tertiary/aromatic N) is 1. The molecule has 0 heterocycles. The molecule has 0 aliphatic rings. The van der Waals surface area contributed by atoms with Gasteiger partial charge in [-0.05, 0) is 5.75 Å². The second-order valence-corrected chi connectivity index (χ2v) is 3.63. The fourth-order valence-electron chi connectivity index (χ4n) is 1.56. The van der Waals surface area contributed by atoms with E-state index in [1.807, 2.05) is 0 Å². The quantitative estimate of drug-likeness (QED) is 0.467. The van der Waals surface area contributed by atoms with Crippen LogP contribution in [0.4, 0.5) is 5.69 Å². The molecule has 0 radical (unpaired) electrons. The fraction of sp³-hybridized carbons (Fsp3) is 0. The van der Waals surface area contributed by atoms with E-state index in [2.05, 4.69) is 0 Å². The van der Waals surface area contributed by atoms with Crippen molar-refractivity contribution in [1.29, 1.82) is 0 Å². The van der Waals surface area contributed by atoms with Crippen LogP contribution in [-0.2, 0) is 0 Å². The van der Waals surface area contributed by atoms with Crippen LogP contribution in [0.15, 0.2) is 48.5 Å². The number of nitro benzene ring substituents is 1. The summed E-state index contributed by atoms with van der Waals surface area (Å²) >= 11 is 0. The van der Waals surface area contributed by atoms with Crippen LogP contribution in [-0.4, -0.2) is 10.7 Å². The van der Waals surface area contributed by atoms with Crippen LogP contribution in [0, 0.1) is 10.1 Å². The van der Waals surface area contributed by atoms with E-state index in [9.17, 15) is 20.0 Å². The Balaban J connectivity index is 2.44. The van der Waals surface area contributed by atoms with Gasteiger partial charge in [0.25, 0.3) is 5.69 Å². The first-order valence-electron chi connectivity index (χ1n) is 5.15. The molecule has 0 aliphatic heterocycles. The average molecular weight is 242 g/mol. The minimum Gasteiger partial charge on any atom is -0.868 e. The highest BCUT2D eigenvalue weighted by Crippen LogP contribution is 2.24. The maximum atomic E-state index is 12.0. The predicted octanol–water partition coefficient (Wildman–Crippen LogP) is 1.90. The molecule has 2 aromatic rings. The zero-order chi connectivity index (χ0) is 13.1. The standard InChI is InChI=1S/C13H9NO4/c15-12-7-6-10(8-11(12)14(17)18)13(16)9-4-2-1-3-5-9/h1-8,15H/p-1. The molecule has 0 atom stereocenters. The first-order valence-corrected chi connectivity index (χ1v) is 5.15. The molecular weight excluding hydrogens is 234 g/mol. The third kappa shape index (κ3) is 2.20. The largest absolute Gasteiger partial charge is 0.868 e. The summed E-state index contributed by atoms with van der Waals surface area (Å²) in [5.74, 6) is -1.05. The van der Waals surface area contributed by atoms with E-state index in [-0.39, 0.29) is 11.3 Å². The van der Waals surface area contributed by atoms with E-state index in [0.29, 0.717) is 5.56 Å². The van der Waals surface area contributed by atoms with Crippen molar-refractivity contribution in [3.8, 4) is 5.75 Å². The number of hydrogen-bond acceptors (Lipinski definition) is 4. The third-order valence-corrected chi connectivity index (χ3v) is 2.45. The molecule has 0 aromatic heterocycles. The van der Waals surface area contributed by atoms with Gasteiger partial charge in [0, 0.05) is 17.2 Å². The molecule has 0 aliphatic carbocycles. The normalized spacial score (nSPS) is 10.0. The van der Waals surface area contributed by atoms with E-state index in [1.165, 1.54) is 6.07 Å². The van der Waals surface area contributed by atoms with Gasteiger partial charge in [-0.3, -0.25) is 14.9 Å². The summed E-state index contributed by atoms with van der Waals surface area (Å²) in [5.41, 5.74) is -0.0327. The molecule has 0 fully saturated rings. The van der Waals surface area contributed by atoms with Gasteiger partial charge in [-0.1, -0.05) is 42.5 Å². The molecule has 2 rings (SSSR count). The van der Waals surface area contributed by atoms with Crippen LogP contribution < -0.4 is 5.11 Å². The van der Waals surface area contributed by atoms with Crippen molar-refractivity contribution in [2.45, 2.75) is 0 Å². The average Bonchev–Trinajstić information content (AvgIpc) is 2.39. The van der Waals surface area contributed by atoms with Crippen molar-refractivity contribution in [3.63, 3.8) is 0 Å². The van der Waals surface area contributed by atoms with Crippen molar-refractivity contribution < 1.29 is 14.8 Å². The van der Waals surface area contributed by atoms with Crippen molar-refractivity contribution in [2.24, 2.45) is 0 Å². The molecule has 18 heavy (non-hydrogen) atoms. The molecule has 0 saturated heterocycles. The van der Waals surface area contributed by atoms with Crippen LogP contribution in [0.3, 0.4) is 0 Å². The molecule has 0 saturated carbocycles. The van der Waals surface area contributed by atoms with Crippen molar-refractivity contribution in [3.05, 3.63) is 69.8 Å². The van der Waals surface area contributed by atoms with Gasteiger partial charge in [-0.25, -0.2) is 0 Å². The van der Waals surface area contributed by atoms with Crippen molar-refractivity contribution in [1.82, 2.24) is 0 Å². The summed E-state index contributed by atoms with van der Waals surface area (Å²) < 4.78 is 0. The number of carbonyl (C=O) groups is 1. The molecule has 0 N–H and O–H groups in total. The summed E-state index contributed by atoms with van der Waals surface area (Å²) in [5, 5.41) is 21.8. The van der Waals surface area contributed by atoms with Crippen LogP contribution in [0.1, 0.15) is 15.9 Å². The topological polar surface area (TPSA) is 83.3 Å². The van der Waals surface area contributed by atoms with Gasteiger partial charge in [0.1, 0.15) is 0 Å². The van der Waals surface area contributed by atoms with Gasteiger partial charge < -0.3 is 5.11 Å². The SMILES string of the molecule is O=C(c1ccccc1)c1ccc([O-])c([N+](=O)[O-])c1. The molecule has 5 heteroatoms. The summed E-state index contributed by atoms with van der Waals surface area (Å²) in [6.07, 6.45) is 0. The summed E-state index contributed by atoms with van der Waals surface area (Å²) in [6, 6.07) is 11.7. The Labute approximate surface area is 102 Å². The highest BCUT2D eigenvalue weighted by Gasteiger charge is 2.14. The number of nitro groups is 1. The monoisotopic (exact) mass is 242 g/mol. The van der Waals surface area contributed by atoms with Gasteiger partial charge in [0.05, 0.1) is 4.92 Å². The van der Waals surface area contributed by atoms with Gasteiger partial charge in [-0.2, -0.15) is 0 Å². The zero-order valence-electron chi connectivity index (χ0n) is 9.20. The Hall–Kier alpha value is -2.69. The molecular formula is C13H8NO4-. The van der Waals surface area contributed by atoms with E-state index in [1.54, 1.807) is 30.3 Å². The maximum absolute atomic E-state index is 12.0. The Morgan fingerprint density at radius 2 is 1.67 bits per heavy atom. The van der Waals surface area contributed by atoms with E-state index < -0.39 is 16.4 Å². The first-order chi connectivity index (χ1) is 8.59. The number of hydrogen-bond donors (Lipinski definition) is 0. The second kappa shape index (κ2) is 4.67. The second-order valence-electron chi connectivity index (χ2n) is 3.63. The summed E-state index contributed by atoms with van der Waals surface area (Å²) in [4.78, 5) is 21.8. The Kier molecular flexibility index (Phi) is 3.05. The molecule has 5 nitrogen and oxygen atoms in total. The zero-order valence-corrected chi connectivity index (χ0v) is 9.20. The van der Waals surface area contributed by atoms with Gasteiger partial charge in [0.2, 0.25) is 0 Å². The lowest BCUT2D eigenvalue weighted by molar-refractivity contribution is -0.398. The lowest BCUT2D eigenvalue weighted by atomic mass is 10.0. The number of ketones is 1. The van der Waals surface area contributed by atoms with E-state index in [4.69, 9.17) is 0 Å². The minimum atomic E-state index is -0.788. The van der Waals surface area contributed by atoms with Crippen molar-refractivity contribution in [2.75, 3.05) is 0 Å². The first kappa shape index (κ1) is 11.8. The lowest BCUT2D eigenvalue weighted by Gasteiger charge is -2.07. The Bertz CT molecular complexity index is 608. The lowest BCUT2D eigenvalue weighted by Crippen LogP contribution is -2.04. The summed E-state index contributed by atoms with van der Waals surface area (Å²) in [7, 11) is 0. The summed E-state index contributed by atoms with van der Waals surface area (Å²) in [6.45, 7) is 0. The fourth-order valence-corrected chi connectivity index (χ4v) is 1.56. The Morgan fingerprint density at radius 3 is 2.28 bits per heavy atom. The van der Waals surface area contributed by atoms with E-state index >= 15 is 0 Å². The molecule has 0 bridgehead atoms. The number of benzene rings is 2. The molecule has 0 amide bonds. The maximum Gasteiger partial charge on any atom is 0.262 e. The van der Waals surface area contributed by atoms with Gasteiger partial charge in [-0.15, -0.1) is 0 Å².